The number of rotatable bonds is 0. The van der Waals surface area contributed by atoms with Crippen LogP contribution in [0.2, 0.25) is 0 Å². The number of nitrogens with zero attached hydrogens (tertiary/aromatic N) is 4. The molecule has 2 aromatic heterocycles. The summed E-state index contributed by atoms with van der Waals surface area (Å²) in [5.74, 6) is 0. The van der Waals surface area contributed by atoms with Crippen molar-refractivity contribution in [2.75, 3.05) is 0 Å². The van der Waals surface area contributed by atoms with E-state index in [4.69, 9.17) is 0 Å². The normalized spacial score (nSPS) is 10.0. The van der Waals surface area contributed by atoms with E-state index in [0.29, 0.717) is 5.52 Å². The Morgan fingerprint density at radius 2 is 2.40 bits per heavy atom. The van der Waals surface area contributed by atoms with Gasteiger partial charge in [-0.05, 0) is 17.3 Å². The molecule has 0 atom stereocenters. The summed E-state index contributed by atoms with van der Waals surface area (Å²) in [4.78, 5) is 3.96. The van der Waals surface area contributed by atoms with Gasteiger partial charge in [0.05, 0.1) is 0 Å². The Hall–Kier alpha value is -1.58. The van der Waals surface area contributed by atoms with Gasteiger partial charge < -0.3 is 0 Å². The van der Waals surface area contributed by atoms with E-state index in [2.05, 4.69) is 26.6 Å². The third-order valence-corrected chi connectivity index (χ3v) is 1.14. The van der Waals surface area contributed by atoms with Crippen molar-refractivity contribution >= 4 is 11.0 Å². The molecule has 4 heteroatoms. The molecule has 10 heavy (non-hydrogen) atoms. The number of aromatic nitrogens is 4. The Labute approximate surface area is 56.9 Å². The molecule has 47 valence electrons. The number of pyridine rings is 1. The van der Waals surface area contributed by atoms with Crippen LogP contribution in [0.5, 0.6) is 0 Å². The first kappa shape index (κ1) is 5.22. The second kappa shape index (κ2) is 1.98. The molecule has 0 N–H and O–H groups in total. The standard InChI is InChI=1S/C6H3N4/c1-2-5-6(7-3-1)4-8-10-9-5/h1-3H. The highest BCUT2D eigenvalue weighted by Crippen LogP contribution is 2.00. The molecule has 0 aromatic carbocycles. The van der Waals surface area contributed by atoms with Crippen LogP contribution in [0.1, 0.15) is 0 Å². The van der Waals surface area contributed by atoms with Crippen LogP contribution in [-0.4, -0.2) is 20.4 Å². The smallest absolute Gasteiger partial charge is 0.145 e. The molecular formula is C6H3N4. The van der Waals surface area contributed by atoms with Gasteiger partial charge in [0.1, 0.15) is 17.2 Å². The summed E-state index contributed by atoms with van der Waals surface area (Å²) in [5.41, 5.74) is 1.37. The highest BCUT2D eigenvalue weighted by Gasteiger charge is 1.91. The van der Waals surface area contributed by atoms with Crippen molar-refractivity contribution in [3.05, 3.63) is 24.5 Å². The van der Waals surface area contributed by atoms with Crippen molar-refractivity contribution in [1.29, 1.82) is 0 Å². The predicted molar refractivity (Wildman–Crippen MR) is 34.0 cm³/mol. The zero-order chi connectivity index (χ0) is 6.81. The van der Waals surface area contributed by atoms with Crippen molar-refractivity contribution in [2.24, 2.45) is 0 Å². The number of hydrogen-bond donors (Lipinski definition) is 0. The fourth-order valence-electron chi connectivity index (χ4n) is 0.704. The minimum absolute atomic E-state index is 0.650. The van der Waals surface area contributed by atoms with Crippen LogP contribution in [0.15, 0.2) is 18.3 Å². The van der Waals surface area contributed by atoms with Crippen LogP contribution in [0.25, 0.3) is 11.0 Å². The summed E-state index contributed by atoms with van der Waals surface area (Å²) < 4.78 is 0. The lowest BCUT2D eigenvalue weighted by Gasteiger charge is -1.87. The first-order valence-corrected chi connectivity index (χ1v) is 2.78. The Bertz CT molecular complexity index is 281. The third-order valence-electron chi connectivity index (χ3n) is 1.14. The molecule has 0 saturated carbocycles. The quantitative estimate of drug-likeness (QED) is 0.513. The molecule has 0 aliphatic rings. The predicted octanol–water partition coefficient (Wildman–Crippen LogP) is 0.220. The summed E-state index contributed by atoms with van der Waals surface area (Å²) in [6, 6.07) is 3.61. The first-order chi connectivity index (χ1) is 4.97. The molecule has 0 aliphatic carbocycles. The van der Waals surface area contributed by atoms with E-state index in [9.17, 15) is 0 Å². The molecule has 0 aliphatic heterocycles. The molecule has 2 rings (SSSR count). The zero-order valence-electron chi connectivity index (χ0n) is 5.02. The van der Waals surface area contributed by atoms with E-state index in [0.717, 1.165) is 5.52 Å². The molecule has 0 amide bonds. The van der Waals surface area contributed by atoms with Gasteiger partial charge in [-0.3, -0.25) is 4.98 Å². The molecule has 4 nitrogen and oxygen atoms in total. The highest BCUT2D eigenvalue weighted by molar-refractivity contribution is 5.70. The Kier molecular flexibility index (Phi) is 1.04. The minimum atomic E-state index is 0.650. The van der Waals surface area contributed by atoms with Gasteiger partial charge in [-0.1, -0.05) is 0 Å². The van der Waals surface area contributed by atoms with Gasteiger partial charge in [0.25, 0.3) is 0 Å². The van der Waals surface area contributed by atoms with Crippen molar-refractivity contribution in [3.8, 4) is 0 Å². The molecule has 0 spiro atoms. The van der Waals surface area contributed by atoms with Crippen molar-refractivity contribution < 1.29 is 0 Å². The molecule has 2 heterocycles. The van der Waals surface area contributed by atoms with Gasteiger partial charge in [0, 0.05) is 6.20 Å². The molecule has 1 radical (unpaired) electrons. The van der Waals surface area contributed by atoms with Crippen molar-refractivity contribution in [1.82, 2.24) is 20.4 Å². The summed E-state index contributed by atoms with van der Waals surface area (Å²) >= 11 is 0. The summed E-state index contributed by atoms with van der Waals surface area (Å²) in [7, 11) is 0. The lowest BCUT2D eigenvalue weighted by Crippen LogP contribution is -1.88. The zero-order valence-corrected chi connectivity index (χ0v) is 5.02. The second-order valence-electron chi connectivity index (χ2n) is 1.77. The van der Waals surface area contributed by atoms with Crippen LogP contribution in [0, 0.1) is 6.20 Å². The number of fused-ring (bicyclic) bond motifs is 1. The Morgan fingerprint density at radius 1 is 1.40 bits per heavy atom. The molecule has 2 aromatic rings. The van der Waals surface area contributed by atoms with Crippen molar-refractivity contribution in [2.45, 2.75) is 0 Å². The Balaban J connectivity index is 2.89. The van der Waals surface area contributed by atoms with Crippen LogP contribution in [0.4, 0.5) is 0 Å². The second-order valence-corrected chi connectivity index (χ2v) is 1.77. The lowest BCUT2D eigenvalue weighted by molar-refractivity contribution is 0.886. The fourth-order valence-corrected chi connectivity index (χ4v) is 0.704. The lowest BCUT2D eigenvalue weighted by atomic mass is 10.4. The summed E-state index contributed by atoms with van der Waals surface area (Å²) in [6.07, 6.45) is 4.28. The topological polar surface area (TPSA) is 51.6 Å². The first-order valence-electron chi connectivity index (χ1n) is 2.78. The van der Waals surface area contributed by atoms with Gasteiger partial charge in [0.2, 0.25) is 0 Å². The van der Waals surface area contributed by atoms with Gasteiger partial charge in [-0.15, -0.1) is 10.2 Å². The highest BCUT2D eigenvalue weighted by atomic mass is 15.3. The van der Waals surface area contributed by atoms with E-state index in [1.54, 1.807) is 12.3 Å². The van der Waals surface area contributed by atoms with E-state index in [-0.39, 0.29) is 0 Å². The fraction of sp³-hybridized carbons (Fsp3) is 0. The molecule has 0 fully saturated rings. The SMILES string of the molecule is [c]1nnnc2cccnc12. The van der Waals surface area contributed by atoms with Gasteiger partial charge in [-0.2, -0.15) is 0 Å². The van der Waals surface area contributed by atoms with Crippen LogP contribution in [0.3, 0.4) is 0 Å². The van der Waals surface area contributed by atoms with Crippen molar-refractivity contribution in [3.63, 3.8) is 0 Å². The van der Waals surface area contributed by atoms with Crippen LogP contribution >= 0.6 is 0 Å². The van der Waals surface area contributed by atoms with Crippen LogP contribution < -0.4 is 0 Å². The van der Waals surface area contributed by atoms with E-state index >= 15 is 0 Å². The van der Waals surface area contributed by atoms with Gasteiger partial charge in [-0.25, -0.2) is 0 Å². The monoisotopic (exact) mass is 131 g/mol. The van der Waals surface area contributed by atoms with Gasteiger partial charge in [0.15, 0.2) is 0 Å². The average molecular weight is 131 g/mol. The third kappa shape index (κ3) is 0.699. The van der Waals surface area contributed by atoms with Gasteiger partial charge >= 0.3 is 0 Å². The minimum Gasteiger partial charge on any atom is -0.252 e. The summed E-state index contributed by atoms with van der Waals surface area (Å²) in [6.45, 7) is 0. The van der Waals surface area contributed by atoms with E-state index in [1.807, 2.05) is 6.07 Å². The summed E-state index contributed by atoms with van der Waals surface area (Å²) in [5, 5.41) is 10.6. The maximum Gasteiger partial charge on any atom is 0.145 e. The Morgan fingerprint density at radius 3 is 3.30 bits per heavy atom. The van der Waals surface area contributed by atoms with E-state index < -0.39 is 0 Å². The molecule has 0 bridgehead atoms. The maximum absolute atomic E-state index is 3.96. The maximum atomic E-state index is 3.96. The van der Waals surface area contributed by atoms with Crippen LogP contribution in [-0.2, 0) is 0 Å². The molecule has 0 unspecified atom stereocenters. The average Bonchev–Trinajstić information content (AvgIpc) is 2.05. The molecular weight excluding hydrogens is 128 g/mol. The molecule has 0 saturated heterocycles. The largest absolute Gasteiger partial charge is 0.252 e. The number of hydrogen-bond acceptors (Lipinski definition) is 4. The van der Waals surface area contributed by atoms with E-state index in [1.165, 1.54) is 0 Å².